The largest absolute Gasteiger partial charge is 0.495 e. The fourth-order valence-electron chi connectivity index (χ4n) is 1.90. The number of nitrogens with zero attached hydrogens (tertiary/aromatic N) is 2. The zero-order valence-electron chi connectivity index (χ0n) is 13.2. The van der Waals surface area contributed by atoms with Crippen LogP contribution >= 0.6 is 0 Å². The number of carbonyl (C=O) groups excluding carboxylic acids is 1. The van der Waals surface area contributed by atoms with Crippen molar-refractivity contribution in [3.05, 3.63) is 41.7 Å². The minimum absolute atomic E-state index is 0.0712. The fourth-order valence-corrected chi connectivity index (χ4v) is 1.90. The van der Waals surface area contributed by atoms with E-state index in [4.69, 9.17) is 4.74 Å². The third kappa shape index (κ3) is 3.94. The number of carbonyl (C=O) groups is 1. The molecule has 0 bridgehead atoms. The Bertz CT molecular complexity index is 654. The molecule has 0 saturated carbocycles. The number of aryl methyl sites for hydroxylation is 1. The second-order valence-electron chi connectivity index (χ2n) is 5.25. The summed E-state index contributed by atoms with van der Waals surface area (Å²) in [5, 5.41) is 5.89. The zero-order chi connectivity index (χ0) is 16.1. The van der Waals surface area contributed by atoms with Crippen molar-refractivity contribution in [2.24, 2.45) is 0 Å². The van der Waals surface area contributed by atoms with Gasteiger partial charge in [0.15, 0.2) is 0 Å². The van der Waals surface area contributed by atoms with Gasteiger partial charge in [0, 0.05) is 18.4 Å². The van der Waals surface area contributed by atoms with Crippen molar-refractivity contribution in [1.29, 1.82) is 0 Å². The predicted octanol–water partition coefficient (Wildman–Crippen LogP) is 2.68. The Labute approximate surface area is 129 Å². The summed E-state index contributed by atoms with van der Waals surface area (Å²) in [7, 11) is 1.61. The number of rotatable bonds is 5. The lowest BCUT2D eigenvalue weighted by Crippen LogP contribution is -2.30. The minimum Gasteiger partial charge on any atom is -0.495 e. The van der Waals surface area contributed by atoms with E-state index < -0.39 is 0 Å². The molecule has 1 heterocycles. The molecule has 2 N–H and O–H groups in total. The van der Waals surface area contributed by atoms with Crippen molar-refractivity contribution in [2.75, 3.05) is 12.4 Å². The van der Waals surface area contributed by atoms with Crippen LogP contribution in [0.4, 0.5) is 11.6 Å². The SMILES string of the molecule is COc1ccc(C)cc1Nc1ncc(C(=O)NC(C)C)cn1. The highest BCUT2D eigenvalue weighted by molar-refractivity contribution is 5.93. The molecule has 0 aliphatic carbocycles. The van der Waals surface area contributed by atoms with Gasteiger partial charge in [-0.05, 0) is 38.5 Å². The van der Waals surface area contributed by atoms with Gasteiger partial charge in [-0.1, -0.05) is 6.07 Å². The van der Waals surface area contributed by atoms with Crippen LogP contribution in [0.1, 0.15) is 29.8 Å². The van der Waals surface area contributed by atoms with Crippen LogP contribution in [0.5, 0.6) is 5.75 Å². The van der Waals surface area contributed by atoms with Crippen LogP contribution in [0.2, 0.25) is 0 Å². The summed E-state index contributed by atoms with van der Waals surface area (Å²) in [5.41, 5.74) is 2.30. The predicted molar refractivity (Wildman–Crippen MR) is 85.6 cm³/mol. The Morgan fingerprint density at radius 3 is 2.50 bits per heavy atom. The first kappa shape index (κ1) is 15.8. The molecule has 0 atom stereocenters. The molecule has 1 aromatic carbocycles. The van der Waals surface area contributed by atoms with Gasteiger partial charge in [-0.25, -0.2) is 9.97 Å². The van der Waals surface area contributed by atoms with Crippen molar-refractivity contribution in [2.45, 2.75) is 26.8 Å². The van der Waals surface area contributed by atoms with E-state index in [1.54, 1.807) is 7.11 Å². The zero-order valence-corrected chi connectivity index (χ0v) is 13.2. The maximum absolute atomic E-state index is 11.8. The van der Waals surface area contributed by atoms with E-state index in [0.717, 1.165) is 11.3 Å². The molecule has 116 valence electrons. The van der Waals surface area contributed by atoms with Gasteiger partial charge in [0.05, 0.1) is 18.4 Å². The monoisotopic (exact) mass is 300 g/mol. The van der Waals surface area contributed by atoms with Crippen molar-refractivity contribution in [3.63, 3.8) is 0 Å². The second-order valence-corrected chi connectivity index (χ2v) is 5.25. The number of hydrogen-bond donors (Lipinski definition) is 2. The minimum atomic E-state index is -0.185. The summed E-state index contributed by atoms with van der Waals surface area (Å²) in [6.45, 7) is 5.79. The Kier molecular flexibility index (Phi) is 4.93. The van der Waals surface area contributed by atoms with Gasteiger partial charge in [-0.15, -0.1) is 0 Å². The number of benzene rings is 1. The van der Waals surface area contributed by atoms with Gasteiger partial charge in [0.1, 0.15) is 5.75 Å². The Morgan fingerprint density at radius 1 is 1.23 bits per heavy atom. The standard InChI is InChI=1S/C16H20N4O2/c1-10(2)19-15(21)12-8-17-16(18-9-12)20-13-7-11(3)5-6-14(13)22-4/h5-10H,1-4H3,(H,19,21)(H,17,18,20). The maximum atomic E-state index is 11.8. The van der Waals surface area contributed by atoms with Crippen LogP contribution in [-0.4, -0.2) is 29.0 Å². The van der Waals surface area contributed by atoms with E-state index in [1.165, 1.54) is 12.4 Å². The van der Waals surface area contributed by atoms with Gasteiger partial charge in [0.25, 0.3) is 5.91 Å². The molecule has 2 rings (SSSR count). The highest BCUT2D eigenvalue weighted by Gasteiger charge is 2.09. The molecule has 1 amide bonds. The lowest BCUT2D eigenvalue weighted by molar-refractivity contribution is 0.0942. The molecule has 0 saturated heterocycles. The third-order valence-electron chi connectivity index (χ3n) is 2.94. The van der Waals surface area contributed by atoms with E-state index in [9.17, 15) is 4.79 Å². The number of hydrogen-bond acceptors (Lipinski definition) is 5. The van der Waals surface area contributed by atoms with Gasteiger partial charge < -0.3 is 15.4 Å². The van der Waals surface area contributed by atoms with E-state index >= 15 is 0 Å². The molecule has 0 aliphatic rings. The highest BCUT2D eigenvalue weighted by Crippen LogP contribution is 2.27. The molecule has 0 aliphatic heterocycles. The van der Waals surface area contributed by atoms with E-state index in [1.807, 2.05) is 39.0 Å². The van der Waals surface area contributed by atoms with E-state index in [-0.39, 0.29) is 11.9 Å². The van der Waals surface area contributed by atoms with Crippen LogP contribution in [0.25, 0.3) is 0 Å². The van der Waals surface area contributed by atoms with Crippen LogP contribution < -0.4 is 15.4 Å². The molecule has 0 spiro atoms. The highest BCUT2D eigenvalue weighted by atomic mass is 16.5. The van der Waals surface area contributed by atoms with Crippen molar-refractivity contribution in [3.8, 4) is 5.75 Å². The lowest BCUT2D eigenvalue weighted by Gasteiger charge is -2.11. The molecular formula is C16H20N4O2. The third-order valence-corrected chi connectivity index (χ3v) is 2.94. The van der Waals surface area contributed by atoms with Gasteiger partial charge >= 0.3 is 0 Å². The molecule has 22 heavy (non-hydrogen) atoms. The van der Waals surface area contributed by atoms with E-state index in [2.05, 4.69) is 20.6 Å². The number of methoxy groups -OCH3 is 1. The molecule has 1 aromatic heterocycles. The first-order chi connectivity index (χ1) is 10.5. The number of ether oxygens (including phenoxy) is 1. The maximum Gasteiger partial charge on any atom is 0.254 e. The molecule has 2 aromatic rings. The molecule has 6 nitrogen and oxygen atoms in total. The van der Waals surface area contributed by atoms with Crippen molar-refractivity contribution in [1.82, 2.24) is 15.3 Å². The number of anilines is 2. The Balaban J connectivity index is 2.15. The molecule has 0 unspecified atom stereocenters. The summed E-state index contributed by atoms with van der Waals surface area (Å²) in [4.78, 5) is 20.2. The fraction of sp³-hybridized carbons (Fsp3) is 0.312. The summed E-state index contributed by atoms with van der Waals surface area (Å²) in [6, 6.07) is 5.86. The first-order valence-electron chi connectivity index (χ1n) is 7.04. The molecular weight excluding hydrogens is 280 g/mol. The van der Waals surface area contributed by atoms with Crippen LogP contribution in [0.3, 0.4) is 0 Å². The number of aromatic nitrogens is 2. The summed E-state index contributed by atoms with van der Waals surface area (Å²) >= 11 is 0. The smallest absolute Gasteiger partial charge is 0.254 e. The number of nitrogens with one attached hydrogen (secondary N) is 2. The summed E-state index contributed by atoms with van der Waals surface area (Å²) in [6.07, 6.45) is 2.99. The molecule has 0 radical (unpaired) electrons. The first-order valence-corrected chi connectivity index (χ1v) is 7.04. The Hall–Kier alpha value is -2.63. The van der Waals surface area contributed by atoms with Crippen LogP contribution in [0, 0.1) is 6.92 Å². The van der Waals surface area contributed by atoms with Crippen LogP contribution in [0.15, 0.2) is 30.6 Å². The van der Waals surface area contributed by atoms with Crippen molar-refractivity contribution >= 4 is 17.5 Å². The topological polar surface area (TPSA) is 76.1 Å². The summed E-state index contributed by atoms with van der Waals surface area (Å²) in [5.74, 6) is 0.926. The summed E-state index contributed by atoms with van der Waals surface area (Å²) < 4.78 is 5.30. The average molecular weight is 300 g/mol. The molecule has 6 heteroatoms. The normalized spacial score (nSPS) is 10.4. The van der Waals surface area contributed by atoms with Gasteiger partial charge in [-0.3, -0.25) is 4.79 Å². The van der Waals surface area contributed by atoms with Crippen molar-refractivity contribution < 1.29 is 9.53 Å². The van der Waals surface area contributed by atoms with Gasteiger partial charge in [-0.2, -0.15) is 0 Å². The Morgan fingerprint density at radius 2 is 1.91 bits per heavy atom. The second kappa shape index (κ2) is 6.89. The lowest BCUT2D eigenvalue weighted by atomic mass is 10.2. The molecule has 0 fully saturated rings. The van der Waals surface area contributed by atoms with Gasteiger partial charge in [0.2, 0.25) is 5.95 Å². The average Bonchev–Trinajstić information content (AvgIpc) is 2.47. The quantitative estimate of drug-likeness (QED) is 0.888. The number of amides is 1. The van der Waals surface area contributed by atoms with E-state index in [0.29, 0.717) is 17.3 Å². The van der Waals surface area contributed by atoms with Crippen LogP contribution in [-0.2, 0) is 0 Å².